The fourth-order valence-electron chi connectivity index (χ4n) is 1.90. The first kappa shape index (κ1) is 12.6. The molecule has 2 aromatic rings. The third-order valence-corrected chi connectivity index (χ3v) is 3.30. The molecular formula is C13H16N6O. The van der Waals surface area contributed by atoms with Crippen molar-refractivity contribution in [2.75, 3.05) is 17.3 Å². The summed E-state index contributed by atoms with van der Waals surface area (Å²) in [6.45, 7) is 0. The van der Waals surface area contributed by atoms with Crippen molar-refractivity contribution >= 4 is 17.5 Å². The average Bonchev–Trinajstić information content (AvgIpc) is 3.21. The van der Waals surface area contributed by atoms with Crippen LogP contribution >= 0.6 is 0 Å². The van der Waals surface area contributed by atoms with Gasteiger partial charge in [-0.2, -0.15) is 10.2 Å². The fourth-order valence-corrected chi connectivity index (χ4v) is 1.90. The van der Waals surface area contributed by atoms with Gasteiger partial charge < -0.3 is 0 Å². The number of hydrogen-bond acceptors (Lipinski definition) is 4. The van der Waals surface area contributed by atoms with Crippen LogP contribution in [0, 0.1) is 0 Å². The Kier molecular flexibility index (Phi) is 3.09. The number of aromatic nitrogens is 4. The van der Waals surface area contributed by atoms with Crippen LogP contribution in [0.4, 0.5) is 16.3 Å². The lowest BCUT2D eigenvalue weighted by atomic mass is 10.3. The van der Waals surface area contributed by atoms with Crippen LogP contribution in [-0.2, 0) is 7.05 Å². The number of hydrogen-bond donors (Lipinski definition) is 1. The third kappa shape index (κ3) is 2.61. The molecule has 1 fully saturated rings. The Hall–Kier alpha value is -2.44. The molecule has 0 saturated heterocycles. The summed E-state index contributed by atoms with van der Waals surface area (Å²) in [5.74, 6) is 1.01. The lowest BCUT2D eigenvalue weighted by molar-refractivity contribution is 0.258. The lowest BCUT2D eigenvalue weighted by Crippen LogP contribution is -2.31. The summed E-state index contributed by atoms with van der Waals surface area (Å²) in [7, 11) is 3.48. The molecule has 2 heterocycles. The predicted molar refractivity (Wildman–Crippen MR) is 74.6 cm³/mol. The van der Waals surface area contributed by atoms with E-state index in [-0.39, 0.29) is 6.03 Å². The molecular weight excluding hydrogens is 256 g/mol. The molecule has 20 heavy (non-hydrogen) atoms. The molecule has 0 bridgehead atoms. The van der Waals surface area contributed by atoms with Crippen LogP contribution in [0.5, 0.6) is 0 Å². The highest BCUT2D eigenvalue weighted by atomic mass is 16.2. The molecule has 2 amide bonds. The number of aryl methyl sites for hydroxylation is 1. The molecule has 1 N–H and O–H groups in total. The summed E-state index contributed by atoms with van der Waals surface area (Å²) in [6.07, 6.45) is 5.76. The van der Waals surface area contributed by atoms with Gasteiger partial charge in [0.15, 0.2) is 5.82 Å². The Labute approximate surface area is 116 Å². The highest BCUT2D eigenvalue weighted by molar-refractivity contribution is 6.00. The summed E-state index contributed by atoms with van der Waals surface area (Å²) >= 11 is 0. The van der Waals surface area contributed by atoms with Crippen molar-refractivity contribution in [1.29, 1.82) is 0 Å². The topological polar surface area (TPSA) is 75.9 Å². The van der Waals surface area contributed by atoms with E-state index in [1.54, 1.807) is 37.2 Å². The van der Waals surface area contributed by atoms with Crippen LogP contribution < -0.4 is 10.2 Å². The minimum absolute atomic E-state index is 0.272. The summed E-state index contributed by atoms with van der Waals surface area (Å²) in [5.41, 5.74) is 1.72. The number of nitrogens with one attached hydrogen (secondary N) is 1. The molecule has 7 nitrogen and oxygen atoms in total. The SMILES string of the molecule is CN(C(=O)Nc1ccc(C2CC2)nn1)c1cnn(C)c1. The van der Waals surface area contributed by atoms with Gasteiger partial charge in [0.1, 0.15) is 0 Å². The van der Waals surface area contributed by atoms with E-state index in [2.05, 4.69) is 20.6 Å². The van der Waals surface area contributed by atoms with Crippen LogP contribution in [0.15, 0.2) is 24.5 Å². The molecule has 0 spiro atoms. The van der Waals surface area contributed by atoms with Gasteiger partial charge in [-0.05, 0) is 25.0 Å². The van der Waals surface area contributed by atoms with E-state index in [1.165, 1.54) is 17.7 Å². The number of amides is 2. The van der Waals surface area contributed by atoms with E-state index < -0.39 is 0 Å². The number of rotatable bonds is 3. The smallest absolute Gasteiger partial charge is 0.294 e. The highest BCUT2D eigenvalue weighted by Crippen LogP contribution is 2.38. The normalized spacial score (nSPS) is 14.1. The standard InChI is InChI=1S/C13H16N6O/c1-18-8-10(7-14-18)19(2)13(20)15-12-6-5-11(16-17-12)9-3-4-9/h5-9H,3-4H2,1-2H3,(H,15,17,20). The van der Waals surface area contributed by atoms with Crippen molar-refractivity contribution < 1.29 is 4.79 Å². The molecule has 0 radical (unpaired) electrons. The van der Waals surface area contributed by atoms with Crippen LogP contribution in [0.1, 0.15) is 24.5 Å². The Morgan fingerprint density at radius 1 is 1.40 bits per heavy atom. The molecule has 2 aromatic heterocycles. The van der Waals surface area contributed by atoms with E-state index in [9.17, 15) is 4.79 Å². The van der Waals surface area contributed by atoms with E-state index in [4.69, 9.17) is 0 Å². The van der Waals surface area contributed by atoms with Crippen LogP contribution in [0.3, 0.4) is 0 Å². The second kappa shape index (κ2) is 4.92. The van der Waals surface area contributed by atoms with E-state index in [0.29, 0.717) is 17.4 Å². The van der Waals surface area contributed by atoms with Gasteiger partial charge >= 0.3 is 6.03 Å². The van der Waals surface area contributed by atoms with Gasteiger partial charge in [0.25, 0.3) is 0 Å². The van der Waals surface area contributed by atoms with E-state index in [1.807, 2.05) is 6.07 Å². The number of nitrogens with zero attached hydrogens (tertiary/aromatic N) is 5. The third-order valence-electron chi connectivity index (χ3n) is 3.30. The number of carbonyl (C=O) groups is 1. The lowest BCUT2D eigenvalue weighted by Gasteiger charge is -2.15. The number of carbonyl (C=O) groups excluding carboxylic acids is 1. The minimum Gasteiger partial charge on any atom is -0.294 e. The average molecular weight is 272 g/mol. The summed E-state index contributed by atoms with van der Waals surface area (Å²) in [5, 5.41) is 14.9. The van der Waals surface area contributed by atoms with Gasteiger partial charge in [0, 0.05) is 26.2 Å². The van der Waals surface area contributed by atoms with Crippen molar-refractivity contribution in [2.24, 2.45) is 7.05 Å². The van der Waals surface area contributed by atoms with Gasteiger partial charge in [0.05, 0.1) is 17.6 Å². The number of anilines is 2. The first-order valence-electron chi connectivity index (χ1n) is 6.50. The first-order valence-corrected chi connectivity index (χ1v) is 6.50. The van der Waals surface area contributed by atoms with Crippen LogP contribution in [0.25, 0.3) is 0 Å². The summed E-state index contributed by atoms with van der Waals surface area (Å²) in [4.78, 5) is 13.5. The van der Waals surface area contributed by atoms with Crippen molar-refractivity contribution in [1.82, 2.24) is 20.0 Å². The van der Waals surface area contributed by atoms with Gasteiger partial charge in [0.2, 0.25) is 0 Å². The maximum atomic E-state index is 12.1. The Bertz CT molecular complexity index is 616. The maximum Gasteiger partial charge on any atom is 0.327 e. The second-order valence-corrected chi connectivity index (χ2v) is 4.98. The van der Waals surface area contributed by atoms with Crippen molar-refractivity contribution in [3.8, 4) is 0 Å². The van der Waals surface area contributed by atoms with E-state index >= 15 is 0 Å². The van der Waals surface area contributed by atoms with Gasteiger partial charge in [-0.1, -0.05) is 0 Å². The van der Waals surface area contributed by atoms with E-state index in [0.717, 1.165) is 5.69 Å². The molecule has 1 saturated carbocycles. The quantitative estimate of drug-likeness (QED) is 0.923. The minimum atomic E-state index is -0.272. The zero-order valence-corrected chi connectivity index (χ0v) is 11.4. The molecule has 7 heteroatoms. The number of urea groups is 1. The van der Waals surface area contributed by atoms with Gasteiger partial charge in [-0.3, -0.25) is 14.9 Å². The molecule has 0 unspecified atom stereocenters. The van der Waals surface area contributed by atoms with Crippen LogP contribution in [0.2, 0.25) is 0 Å². The monoisotopic (exact) mass is 272 g/mol. The van der Waals surface area contributed by atoms with Crippen LogP contribution in [-0.4, -0.2) is 33.1 Å². The molecule has 3 rings (SSSR count). The largest absolute Gasteiger partial charge is 0.327 e. The van der Waals surface area contributed by atoms with Crippen molar-refractivity contribution in [2.45, 2.75) is 18.8 Å². The fraction of sp³-hybridized carbons (Fsp3) is 0.385. The van der Waals surface area contributed by atoms with Crippen molar-refractivity contribution in [3.05, 3.63) is 30.2 Å². The zero-order valence-electron chi connectivity index (χ0n) is 11.4. The Balaban J connectivity index is 1.65. The Morgan fingerprint density at radius 2 is 2.20 bits per heavy atom. The van der Waals surface area contributed by atoms with Gasteiger partial charge in [-0.15, -0.1) is 5.10 Å². The predicted octanol–water partition coefficient (Wildman–Crippen LogP) is 1.76. The summed E-state index contributed by atoms with van der Waals surface area (Å²) in [6, 6.07) is 3.44. The summed E-state index contributed by atoms with van der Waals surface area (Å²) < 4.78 is 1.64. The molecule has 1 aliphatic carbocycles. The first-order chi connectivity index (χ1) is 9.63. The molecule has 0 aliphatic heterocycles. The second-order valence-electron chi connectivity index (χ2n) is 4.98. The zero-order chi connectivity index (χ0) is 14.1. The Morgan fingerprint density at radius 3 is 2.75 bits per heavy atom. The maximum absolute atomic E-state index is 12.1. The molecule has 104 valence electrons. The van der Waals surface area contributed by atoms with Gasteiger partial charge in [-0.25, -0.2) is 4.79 Å². The van der Waals surface area contributed by atoms with Crippen molar-refractivity contribution in [3.63, 3.8) is 0 Å². The highest BCUT2D eigenvalue weighted by Gasteiger charge is 2.25. The molecule has 0 aromatic carbocycles. The molecule has 0 atom stereocenters. The molecule has 1 aliphatic rings.